The minimum Gasteiger partial charge on any atom is -0.482 e. The van der Waals surface area contributed by atoms with Crippen molar-refractivity contribution in [2.24, 2.45) is 0 Å². The first-order valence-electron chi connectivity index (χ1n) is 8.89. The van der Waals surface area contributed by atoms with E-state index >= 15 is 0 Å². The number of aromatic nitrogens is 1. The number of anilines is 3. The minimum atomic E-state index is -0.212. The smallest absolute Gasteiger partial charge is 0.262 e. The number of halogens is 1. The van der Waals surface area contributed by atoms with Gasteiger partial charge in [0, 0.05) is 24.4 Å². The summed E-state index contributed by atoms with van der Waals surface area (Å²) < 4.78 is 5.42. The summed E-state index contributed by atoms with van der Waals surface area (Å²) in [6.07, 6.45) is 3.23. The van der Waals surface area contributed by atoms with E-state index in [0.717, 1.165) is 5.56 Å². The number of amides is 2. The van der Waals surface area contributed by atoms with Crippen LogP contribution in [0.3, 0.4) is 0 Å². The lowest BCUT2D eigenvalue weighted by atomic mass is 10.1. The first-order chi connectivity index (χ1) is 14.1. The minimum absolute atomic E-state index is 0.0256. The van der Waals surface area contributed by atoms with Gasteiger partial charge in [-0.3, -0.25) is 14.6 Å². The van der Waals surface area contributed by atoms with Gasteiger partial charge >= 0.3 is 0 Å². The number of ether oxygens (including phenoxy) is 1. The van der Waals surface area contributed by atoms with E-state index in [1.807, 2.05) is 18.2 Å². The van der Waals surface area contributed by atoms with E-state index in [2.05, 4.69) is 20.9 Å². The number of carbonyl (C=O) groups is 2. The molecule has 0 radical (unpaired) electrons. The second-order valence-corrected chi connectivity index (χ2v) is 6.82. The summed E-state index contributed by atoms with van der Waals surface area (Å²) in [5.41, 5.74) is 3.30. The normalized spacial score (nSPS) is 12.4. The highest BCUT2D eigenvalue weighted by molar-refractivity contribution is 6.33. The van der Waals surface area contributed by atoms with E-state index < -0.39 is 0 Å². The van der Waals surface area contributed by atoms with Gasteiger partial charge in [-0.05, 0) is 35.9 Å². The monoisotopic (exact) mass is 408 g/mol. The lowest BCUT2D eigenvalue weighted by Crippen LogP contribution is -2.25. The van der Waals surface area contributed by atoms with Crippen LogP contribution in [0.5, 0.6) is 5.75 Å². The van der Waals surface area contributed by atoms with Crippen LogP contribution < -0.4 is 20.7 Å². The molecule has 0 spiro atoms. The Morgan fingerprint density at radius 3 is 2.93 bits per heavy atom. The van der Waals surface area contributed by atoms with Crippen LogP contribution in [0.15, 0.2) is 60.9 Å². The Morgan fingerprint density at radius 2 is 2.10 bits per heavy atom. The van der Waals surface area contributed by atoms with Gasteiger partial charge in [-0.25, -0.2) is 0 Å². The molecule has 0 saturated heterocycles. The van der Waals surface area contributed by atoms with Crippen molar-refractivity contribution in [3.8, 4) is 5.75 Å². The molecule has 3 N–H and O–H groups in total. The molecule has 0 aliphatic carbocycles. The van der Waals surface area contributed by atoms with Gasteiger partial charge in [0.1, 0.15) is 5.75 Å². The molecule has 2 heterocycles. The Balaban J connectivity index is 1.45. The summed E-state index contributed by atoms with van der Waals surface area (Å²) in [6, 6.07) is 14.2. The largest absolute Gasteiger partial charge is 0.482 e. The van der Waals surface area contributed by atoms with Crippen molar-refractivity contribution in [2.75, 3.05) is 22.6 Å². The number of fused-ring (bicyclic) bond motifs is 1. The maximum Gasteiger partial charge on any atom is 0.262 e. The first-order valence-corrected chi connectivity index (χ1v) is 9.27. The quantitative estimate of drug-likeness (QED) is 0.595. The van der Waals surface area contributed by atoms with Crippen molar-refractivity contribution in [2.45, 2.75) is 6.54 Å². The van der Waals surface area contributed by atoms with Crippen LogP contribution >= 0.6 is 11.6 Å². The number of carbonyl (C=O) groups excluding carboxylic acids is 2. The highest BCUT2D eigenvalue weighted by Gasteiger charge is 2.18. The van der Waals surface area contributed by atoms with Crippen molar-refractivity contribution < 1.29 is 14.3 Å². The van der Waals surface area contributed by atoms with E-state index in [-0.39, 0.29) is 18.4 Å². The number of nitrogens with zero attached hydrogens (tertiary/aromatic N) is 1. The molecule has 0 bridgehead atoms. The van der Waals surface area contributed by atoms with Crippen LogP contribution in [0.25, 0.3) is 0 Å². The van der Waals surface area contributed by atoms with Gasteiger partial charge in [-0.2, -0.15) is 0 Å². The Hall–Kier alpha value is -3.58. The van der Waals surface area contributed by atoms with Gasteiger partial charge in [0.15, 0.2) is 6.61 Å². The predicted molar refractivity (Wildman–Crippen MR) is 112 cm³/mol. The molecule has 2 aromatic carbocycles. The second-order valence-electron chi connectivity index (χ2n) is 6.41. The Labute approximate surface area is 172 Å². The third kappa shape index (κ3) is 4.47. The molecule has 2 amide bonds. The molecule has 0 atom stereocenters. The molecule has 1 aromatic heterocycles. The Bertz CT molecular complexity index is 1070. The van der Waals surface area contributed by atoms with Crippen molar-refractivity contribution in [3.05, 3.63) is 77.1 Å². The molecule has 1 aliphatic heterocycles. The van der Waals surface area contributed by atoms with Crippen LogP contribution in [-0.2, 0) is 11.3 Å². The molecular weight excluding hydrogens is 392 g/mol. The average Bonchev–Trinajstić information content (AvgIpc) is 2.73. The number of hydrogen-bond donors (Lipinski definition) is 3. The average molecular weight is 409 g/mol. The van der Waals surface area contributed by atoms with Crippen molar-refractivity contribution in [1.82, 2.24) is 4.98 Å². The van der Waals surface area contributed by atoms with Crippen LogP contribution in [0.4, 0.5) is 17.1 Å². The van der Waals surface area contributed by atoms with Gasteiger partial charge in [0.25, 0.3) is 11.8 Å². The summed E-state index contributed by atoms with van der Waals surface area (Å²) in [6.45, 7) is 0.432. The van der Waals surface area contributed by atoms with Gasteiger partial charge in [-0.1, -0.05) is 23.7 Å². The molecule has 4 rings (SSSR count). The molecule has 7 nitrogen and oxygen atoms in total. The third-order valence-electron chi connectivity index (χ3n) is 4.29. The summed E-state index contributed by atoms with van der Waals surface area (Å²) >= 11 is 6.31. The maximum absolute atomic E-state index is 12.5. The fraction of sp³-hybridized carbons (Fsp3) is 0.0952. The van der Waals surface area contributed by atoms with Gasteiger partial charge in [0.05, 0.1) is 28.3 Å². The summed E-state index contributed by atoms with van der Waals surface area (Å²) in [5.74, 6) is 0.132. The van der Waals surface area contributed by atoms with Gasteiger partial charge in [-0.15, -0.1) is 0 Å². The second kappa shape index (κ2) is 8.20. The van der Waals surface area contributed by atoms with Crippen LogP contribution in [-0.4, -0.2) is 23.4 Å². The zero-order valence-electron chi connectivity index (χ0n) is 15.2. The lowest BCUT2D eigenvalue weighted by molar-refractivity contribution is -0.118. The fourth-order valence-electron chi connectivity index (χ4n) is 2.90. The summed E-state index contributed by atoms with van der Waals surface area (Å²) in [5, 5.41) is 9.23. The number of pyridine rings is 1. The van der Waals surface area contributed by atoms with E-state index in [1.165, 1.54) is 0 Å². The zero-order valence-corrected chi connectivity index (χ0v) is 16.0. The van der Waals surface area contributed by atoms with E-state index in [4.69, 9.17) is 16.3 Å². The molecule has 0 saturated carbocycles. The standard InChI is InChI=1S/C21H17ClN4O3/c22-16-8-18-19(29-12-20(27)26-18)9-17(16)24-10-13-3-1-4-14(7-13)21(28)25-15-5-2-6-23-11-15/h1-9,11,24H,10,12H2,(H,25,28)(H,26,27). The van der Waals surface area contributed by atoms with E-state index in [1.54, 1.807) is 42.7 Å². The van der Waals surface area contributed by atoms with Gasteiger partial charge < -0.3 is 20.7 Å². The molecule has 29 heavy (non-hydrogen) atoms. The predicted octanol–water partition coefficient (Wildman–Crippen LogP) is 3.93. The number of hydrogen-bond acceptors (Lipinski definition) is 5. The summed E-state index contributed by atoms with van der Waals surface area (Å²) in [4.78, 5) is 27.8. The Kier molecular flexibility index (Phi) is 5.31. The third-order valence-corrected chi connectivity index (χ3v) is 4.61. The van der Waals surface area contributed by atoms with Crippen molar-refractivity contribution in [1.29, 1.82) is 0 Å². The van der Waals surface area contributed by atoms with Crippen LogP contribution in [0.1, 0.15) is 15.9 Å². The number of rotatable bonds is 5. The summed E-state index contributed by atoms with van der Waals surface area (Å²) in [7, 11) is 0. The Morgan fingerprint density at radius 1 is 1.21 bits per heavy atom. The van der Waals surface area contributed by atoms with Crippen molar-refractivity contribution in [3.63, 3.8) is 0 Å². The molecule has 146 valence electrons. The fourth-order valence-corrected chi connectivity index (χ4v) is 3.13. The molecule has 3 aromatic rings. The maximum atomic E-state index is 12.5. The highest BCUT2D eigenvalue weighted by atomic mass is 35.5. The molecular formula is C21H17ClN4O3. The molecule has 8 heteroatoms. The zero-order chi connectivity index (χ0) is 20.2. The molecule has 0 unspecified atom stereocenters. The number of nitrogens with one attached hydrogen (secondary N) is 3. The van der Waals surface area contributed by atoms with E-state index in [9.17, 15) is 9.59 Å². The van der Waals surface area contributed by atoms with Crippen LogP contribution in [0, 0.1) is 0 Å². The first kappa shape index (κ1) is 18.8. The lowest BCUT2D eigenvalue weighted by Gasteiger charge is -2.20. The molecule has 0 fully saturated rings. The van der Waals surface area contributed by atoms with Crippen LogP contribution in [0.2, 0.25) is 5.02 Å². The topological polar surface area (TPSA) is 92.3 Å². The van der Waals surface area contributed by atoms with E-state index in [0.29, 0.717) is 39.9 Å². The SMILES string of the molecule is O=C1COc2cc(NCc3cccc(C(=O)Nc4cccnc4)c3)c(Cl)cc2N1. The number of benzene rings is 2. The van der Waals surface area contributed by atoms with Crippen molar-refractivity contribution >= 4 is 40.5 Å². The molecule has 1 aliphatic rings. The highest BCUT2D eigenvalue weighted by Crippen LogP contribution is 2.36. The van der Waals surface area contributed by atoms with Gasteiger partial charge in [0.2, 0.25) is 0 Å².